The predicted octanol–water partition coefficient (Wildman–Crippen LogP) is 3.06. The number of nitrogens with zero attached hydrogens (tertiary/aromatic N) is 2. The van der Waals surface area contributed by atoms with Crippen LogP contribution in [0.25, 0.3) is 0 Å². The van der Waals surface area contributed by atoms with Crippen LogP contribution >= 0.6 is 11.6 Å². The van der Waals surface area contributed by atoms with Gasteiger partial charge in [0, 0.05) is 13.1 Å². The first kappa shape index (κ1) is 10.3. The molecule has 1 aromatic rings. The van der Waals surface area contributed by atoms with Gasteiger partial charge in [-0.15, -0.1) is 0 Å². The Morgan fingerprint density at radius 3 is 2.87 bits per heavy atom. The molecule has 1 heterocycles. The van der Waals surface area contributed by atoms with Crippen LogP contribution in [-0.4, -0.2) is 13.1 Å². The zero-order chi connectivity index (χ0) is 10.8. The Balaban J connectivity index is 2.18. The van der Waals surface area contributed by atoms with E-state index in [1.165, 1.54) is 6.42 Å². The van der Waals surface area contributed by atoms with E-state index in [1.54, 1.807) is 12.1 Å². The summed E-state index contributed by atoms with van der Waals surface area (Å²) >= 11 is 6.10. The van der Waals surface area contributed by atoms with Gasteiger partial charge in [0.15, 0.2) is 0 Å². The normalized spacial score (nSPS) is 15.9. The highest BCUT2D eigenvalue weighted by atomic mass is 35.5. The van der Waals surface area contributed by atoms with Crippen molar-refractivity contribution in [3.05, 3.63) is 28.8 Å². The lowest BCUT2D eigenvalue weighted by atomic mass is 9.96. The lowest BCUT2D eigenvalue weighted by Gasteiger charge is -2.41. The topological polar surface area (TPSA) is 27.0 Å². The molecule has 1 fully saturated rings. The molecule has 0 atom stereocenters. The molecular weight excluding hydrogens is 208 g/mol. The summed E-state index contributed by atoms with van der Waals surface area (Å²) in [4.78, 5) is 2.23. The van der Waals surface area contributed by atoms with Gasteiger partial charge in [0.05, 0.1) is 22.3 Å². The van der Waals surface area contributed by atoms with Crippen molar-refractivity contribution >= 4 is 17.3 Å². The van der Waals surface area contributed by atoms with Crippen LogP contribution in [0.3, 0.4) is 0 Å². The molecule has 78 valence electrons. The monoisotopic (exact) mass is 220 g/mol. The van der Waals surface area contributed by atoms with Gasteiger partial charge in [-0.1, -0.05) is 18.5 Å². The molecule has 15 heavy (non-hydrogen) atoms. The van der Waals surface area contributed by atoms with Crippen LogP contribution in [-0.2, 0) is 0 Å². The van der Waals surface area contributed by atoms with Gasteiger partial charge in [0.1, 0.15) is 0 Å². The summed E-state index contributed by atoms with van der Waals surface area (Å²) in [5, 5.41) is 9.55. The van der Waals surface area contributed by atoms with Crippen LogP contribution in [0.5, 0.6) is 0 Å². The molecular formula is C12H13ClN2. The number of nitriles is 1. The summed E-state index contributed by atoms with van der Waals surface area (Å²) in [6.07, 6.45) is 1.21. The minimum absolute atomic E-state index is 0.675. The van der Waals surface area contributed by atoms with Gasteiger partial charge in [0.25, 0.3) is 0 Å². The van der Waals surface area contributed by atoms with E-state index in [0.717, 1.165) is 29.7 Å². The van der Waals surface area contributed by atoms with E-state index in [1.807, 2.05) is 6.07 Å². The molecule has 2 nitrogen and oxygen atoms in total. The molecule has 0 amide bonds. The van der Waals surface area contributed by atoms with Gasteiger partial charge in [-0.2, -0.15) is 5.26 Å². The molecule has 0 radical (unpaired) electrons. The molecule has 3 heteroatoms. The minimum Gasteiger partial charge on any atom is -0.370 e. The number of hydrogen-bond donors (Lipinski definition) is 0. The molecule has 1 aliphatic heterocycles. The molecule has 2 rings (SSSR count). The van der Waals surface area contributed by atoms with Crippen molar-refractivity contribution in [3.63, 3.8) is 0 Å². The van der Waals surface area contributed by atoms with Crippen LogP contribution in [0.1, 0.15) is 18.9 Å². The van der Waals surface area contributed by atoms with Gasteiger partial charge in [-0.05, 0) is 30.5 Å². The van der Waals surface area contributed by atoms with Crippen molar-refractivity contribution < 1.29 is 0 Å². The highest BCUT2D eigenvalue weighted by Crippen LogP contribution is 2.32. The summed E-state index contributed by atoms with van der Waals surface area (Å²) in [6, 6.07) is 7.56. The van der Waals surface area contributed by atoms with Crippen molar-refractivity contribution in [1.29, 1.82) is 5.26 Å². The smallest absolute Gasteiger partial charge is 0.0992 e. The van der Waals surface area contributed by atoms with Crippen LogP contribution in [0.4, 0.5) is 5.69 Å². The third-order valence-electron chi connectivity index (χ3n) is 2.95. The van der Waals surface area contributed by atoms with Crippen molar-refractivity contribution in [1.82, 2.24) is 0 Å². The Labute approximate surface area is 95.1 Å². The fourth-order valence-electron chi connectivity index (χ4n) is 1.85. The molecule has 0 unspecified atom stereocenters. The average molecular weight is 221 g/mol. The fourth-order valence-corrected chi connectivity index (χ4v) is 2.09. The van der Waals surface area contributed by atoms with Gasteiger partial charge in [-0.3, -0.25) is 0 Å². The van der Waals surface area contributed by atoms with E-state index >= 15 is 0 Å². The zero-order valence-electron chi connectivity index (χ0n) is 8.70. The van der Waals surface area contributed by atoms with Crippen LogP contribution < -0.4 is 4.90 Å². The fraction of sp³-hybridized carbons (Fsp3) is 0.417. The zero-order valence-corrected chi connectivity index (χ0v) is 9.46. The van der Waals surface area contributed by atoms with Gasteiger partial charge < -0.3 is 4.90 Å². The van der Waals surface area contributed by atoms with E-state index < -0.39 is 0 Å². The Morgan fingerprint density at radius 2 is 2.27 bits per heavy atom. The van der Waals surface area contributed by atoms with Crippen molar-refractivity contribution in [2.75, 3.05) is 18.0 Å². The second-order valence-electron chi connectivity index (χ2n) is 3.96. The van der Waals surface area contributed by atoms with Crippen LogP contribution in [0, 0.1) is 17.2 Å². The lowest BCUT2D eigenvalue weighted by molar-refractivity contribution is 0.399. The maximum absolute atomic E-state index is 8.81. The first-order chi connectivity index (χ1) is 7.24. The summed E-state index contributed by atoms with van der Waals surface area (Å²) in [6.45, 7) is 4.32. The molecule has 0 spiro atoms. The van der Waals surface area contributed by atoms with E-state index in [-0.39, 0.29) is 0 Å². The molecule has 0 saturated carbocycles. The van der Waals surface area contributed by atoms with E-state index in [9.17, 15) is 0 Å². The highest BCUT2D eigenvalue weighted by molar-refractivity contribution is 6.33. The third-order valence-corrected chi connectivity index (χ3v) is 3.27. The second kappa shape index (κ2) is 4.12. The summed E-state index contributed by atoms with van der Waals surface area (Å²) in [5.74, 6) is 0.784. The van der Waals surface area contributed by atoms with Crippen LogP contribution in [0.15, 0.2) is 18.2 Å². The summed E-state index contributed by atoms with van der Waals surface area (Å²) < 4.78 is 0. The molecule has 1 saturated heterocycles. The summed E-state index contributed by atoms with van der Waals surface area (Å²) in [5.41, 5.74) is 1.68. The first-order valence-corrected chi connectivity index (χ1v) is 5.57. The molecule has 0 aliphatic carbocycles. The average Bonchev–Trinajstić information content (AvgIpc) is 2.19. The number of anilines is 1. The third kappa shape index (κ3) is 1.93. The second-order valence-corrected chi connectivity index (χ2v) is 4.36. The number of hydrogen-bond acceptors (Lipinski definition) is 2. The van der Waals surface area contributed by atoms with Crippen LogP contribution in [0.2, 0.25) is 5.02 Å². The lowest BCUT2D eigenvalue weighted by Crippen LogP contribution is -2.46. The SMILES string of the molecule is CCC1CN(c2cc(C#N)ccc2Cl)C1. The predicted molar refractivity (Wildman–Crippen MR) is 62.2 cm³/mol. The Bertz CT molecular complexity index is 403. The first-order valence-electron chi connectivity index (χ1n) is 5.19. The molecule has 0 N–H and O–H groups in total. The Kier molecular flexibility index (Phi) is 2.83. The van der Waals surface area contributed by atoms with Gasteiger partial charge in [0.2, 0.25) is 0 Å². The van der Waals surface area contributed by atoms with E-state index in [2.05, 4.69) is 17.9 Å². The molecule has 1 aliphatic rings. The molecule has 1 aromatic carbocycles. The van der Waals surface area contributed by atoms with Crippen molar-refractivity contribution in [3.8, 4) is 6.07 Å². The Morgan fingerprint density at radius 1 is 1.53 bits per heavy atom. The maximum atomic E-state index is 8.81. The quantitative estimate of drug-likeness (QED) is 0.766. The molecule has 0 bridgehead atoms. The standard InChI is InChI=1S/C12H13ClN2/c1-2-9-7-15(8-9)12-5-10(6-14)3-4-11(12)13/h3-5,9H,2,7-8H2,1H3. The maximum Gasteiger partial charge on any atom is 0.0992 e. The van der Waals surface area contributed by atoms with Crippen molar-refractivity contribution in [2.45, 2.75) is 13.3 Å². The van der Waals surface area contributed by atoms with Gasteiger partial charge >= 0.3 is 0 Å². The Hall–Kier alpha value is -1.20. The number of halogens is 1. The van der Waals surface area contributed by atoms with Crippen molar-refractivity contribution in [2.24, 2.45) is 5.92 Å². The number of rotatable bonds is 2. The highest BCUT2D eigenvalue weighted by Gasteiger charge is 2.26. The number of benzene rings is 1. The van der Waals surface area contributed by atoms with E-state index in [4.69, 9.17) is 16.9 Å². The van der Waals surface area contributed by atoms with Gasteiger partial charge in [-0.25, -0.2) is 0 Å². The minimum atomic E-state index is 0.675. The van der Waals surface area contributed by atoms with E-state index in [0.29, 0.717) is 5.56 Å². The largest absolute Gasteiger partial charge is 0.370 e. The molecule has 0 aromatic heterocycles. The summed E-state index contributed by atoms with van der Waals surface area (Å²) in [7, 11) is 0.